The van der Waals surface area contributed by atoms with Crippen LogP contribution in [0, 0.1) is 0 Å². The number of aromatic nitrogens is 2. The molecule has 0 aliphatic rings. The Morgan fingerprint density at radius 1 is 1.07 bits per heavy atom. The molecule has 1 aromatic heterocycles. The number of carboxylic acid groups (broad SMARTS) is 1. The Labute approximate surface area is 165 Å². The van der Waals surface area contributed by atoms with Crippen LogP contribution < -0.4 is 10.4 Å². The zero-order valence-electron chi connectivity index (χ0n) is 14.4. The second-order valence-electron chi connectivity index (χ2n) is 5.94. The van der Waals surface area contributed by atoms with Gasteiger partial charge < -0.3 is 15.2 Å². The minimum atomic E-state index is -1.24. The van der Waals surface area contributed by atoms with Gasteiger partial charge >= 0.3 is 0 Å². The molecule has 0 saturated heterocycles. The molecule has 0 saturated carbocycles. The van der Waals surface area contributed by atoms with Crippen molar-refractivity contribution in [3.05, 3.63) is 70.8 Å². The zero-order chi connectivity index (χ0) is 19.2. The number of amides is 1. The van der Waals surface area contributed by atoms with Crippen molar-refractivity contribution in [3.8, 4) is 16.9 Å². The number of halogens is 1. The molecular weight excluding hydrogens is 410 g/mol. The summed E-state index contributed by atoms with van der Waals surface area (Å²) in [7, 11) is 0. The minimum absolute atomic E-state index is 0.110. The molecule has 0 atom stereocenters. The maximum atomic E-state index is 11.9. The van der Waals surface area contributed by atoms with Gasteiger partial charge in [-0.05, 0) is 30.7 Å². The van der Waals surface area contributed by atoms with Crippen LogP contribution >= 0.6 is 15.9 Å². The average Bonchev–Trinajstić information content (AvgIpc) is 3.10. The molecule has 0 aliphatic carbocycles. The first kappa shape index (κ1) is 18.8. The number of hydrogen-bond donors (Lipinski definition) is 1. The Balaban J connectivity index is 1.87. The van der Waals surface area contributed by atoms with Crippen LogP contribution in [0.15, 0.2) is 65.3 Å². The van der Waals surface area contributed by atoms with Crippen LogP contribution in [0.25, 0.3) is 16.9 Å². The molecule has 3 aromatic rings. The molecule has 138 valence electrons. The Morgan fingerprint density at radius 2 is 1.85 bits per heavy atom. The van der Waals surface area contributed by atoms with Gasteiger partial charge in [-0.2, -0.15) is 5.10 Å². The molecule has 3 rings (SSSR count). The van der Waals surface area contributed by atoms with Gasteiger partial charge in [0.2, 0.25) is 5.91 Å². The van der Waals surface area contributed by atoms with Crippen LogP contribution in [0.1, 0.15) is 18.4 Å². The van der Waals surface area contributed by atoms with E-state index in [0.29, 0.717) is 0 Å². The molecule has 7 heteroatoms. The standard InChI is InChI=1S/C20H18BrN3O3/c21-16-6-4-5-14(11-16)20-15(12-22-18(25)9-10-19(26)27)13-24(23-20)17-7-2-1-3-8-17/h1-8,11,13H,9-10,12H2,(H,22,25)(H,26,27)/p-1. The van der Waals surface area contributed by atoms with Crippen LogP contribution in [0.3, 0.4) is 0 Å². The summed E-state index contributed by atoms with van der Waals surface area (Å²) < 4.78 is 2.69. The number of benzene rings is 2. The predicted molar refractivity (Wildman–Crippen MR) is 103 cm³/mol. The number of rotatable bonds is 7. The van der Waals surface area contributed by atoms with Gasteiger partial charge in [-0.25, -0.2) is 4.68 Å². The smallest absolute Gasteiger partial charge is 0.220 e. The summed E-state index contributed by atoms with van der Waals surface area (Å²) in [4.78, 5) is 22.4. The third-order valence-electron chi connectivity index (χ3n) is 3.94. The van der Waals surface area contributed by atoms with Crippen LogP contribution in [0.5, 0.6) is 0 Å². The summed E-state index contributed by atoms with van der Waals surface area (Å²) >= 11 is 3.47. The number of aliphatic carboxylic acids is 1. The number of hydrogen-bond acceptors (Lipinski definition) is 4. The van der Waals surface area contributed by atoms with Crippen molar-refractivity contribution in [2.75, 3.05) is 0 Å². The highest BCUT2D eigenvalue weighted by molar-refractivity contribution is 9.10. The monoisotopic (exact) mass is 426 g/mol. The fourth-order valence-corrected chi connectivity index (χ4v) is 3.03. The maximum absolute atomic E-state index is 11.9. The van der Waals surface area contributed by atoms with E-state index in [1.54, 1.807) is 4.68 Å². The van der Waals surface area contributed by atoms with E-state index in [1.807, 2.05) is 60.8 Å². The lowest BCUT2D eigenvalue weighted by Gasteiger charge is -2.06. The first-order valence-electron chi connectivity index (χ1n) is 8.39. The average molecular weight is 427 g/mol. The van der Waals surface area contributed by atoms with Crippen molar-refractivity contribution in [3.63, 3.8) is 0 Å². The molecule has 0 bridgehead atoms. The van der Waals surface area contributed by atoms with Gasteiger partial charge in [0, 0.05) is 40.7 Å². The summed E-state index contributed by atoms with van der Waals surface area (Å²) in [6, 6.07) is 17.4. The van der Waals surface area contributed by atoms with Crippen molar-refractivity contribution < 1.29 is 14.7 Å². The fourth-order valence-electron chi connectivity index (χ4n) is 2.63. The highest BCUT2D eigenvalue weighted by Gasteiger charge is 2.13. The lowest BCUT2D eigenvalue weighted by molar-refractivity contribution is -0.305. The molecule has 0 fully saturated rings. The molecule has 27 heavy (non-hydrogen) atoms. The van der Waals surface area contributed by atoms with Crippen LogP contribution in [0.2, 0.25) is 0 Å². The normalized spacial score (nSPS) is 10.6. The van der Waals surface area contributed by atoms with E-state index >= 15 is 0 Å². The number of carbonyl (C=O) groups is 2. The first-order chi connectivity index (χ1) is 13.0. The zero-order valence-corrected chi connectivity index (χ0v) is 16.0. The summed E-state index contributed by atoms with van der Waals surface area (Å²) in [6.07, 6.45) is 1.46. The quantitative estimate of drug-likeness (QED) is 0.628. The second kappa shape index (κ2) is 8.64. The van der Waals surface area contributed by atoms with Gasteiger partial charge in [0.1, 0.15) is 0 Å². The van der Waals surface area contributed by atoms with Crippen molar-refractivity contribution in [1.29, 1.82) is 0 Å². The second-order valence-corrected chi connectivity index (χ2v) is 6.86. The molecule has 0 spiro atoms. The Kier molecular flexibility index (Phi) is 6.03. The molecule has 0 aliphatic heterocycles. The number of nitrogens with one attached hydrogen (secondary N) is 1. The molecule has 0 unspecified atom stereocenters. The van der Waals surface area contributed by atoms with E-state index in [0.717, 1.165) is 27.0 Å². The predicted octanol–water partition coefficient (Wildman–Crippen LogP) is 2.45. The van der Waals surface area contributed by atoms with E-state index in [4.69, 9.17) is 0 Å². The van der Waals surface area contributed by atoms with Crippen molar-refractivity contribution in [2.45, 2.75) is 19.4 Å². The van der Waals surface area contributed by atoms with E-state index in [2.05, 4.69) is 26.3 Å². The van der Waals surface area contributed by atoms with Crippen molar-refractivity contribution in [1.82, 2.24) is 15.1 Å². The van der Waals surface area contributed by atoms with Crippen LogP contribution in [-0.4, -0.2) is 21.7 Å². The maximum Gasteiger partial charge on any atom is 0.220 e. The molecule has 2 aromatic carbocycles. The van der Waals surface area contributed by atoms with E-state index in [1.165, 1.54) is 0 Å². The minimum Gasteiger partial charge on any atom is -0.550 e. The van der Waals surface area contributed by atoms with Gasteiger partial charge in [-0.1, -0.05) is 46.3 Å². The summed E-state index contributed by atoms with van der Waals surface area (Å²) in [5.74, 6) is -1.58. The lowest BCUT2D eigenvalue weighted by Crippen LogP contribution is -2.27. The number of nitrogens with zero attached hydrogens (tertiary/aromatic N) is 2. The van der Waals surface area contributed by atoms with Crippen LogP contribution in [0.4, 0.5) is 0 Å². The molecule has 1 heterocycles. The van der Waals surface area contributed by atoms with Gasteiger partial charge in [0.05, 0.1) is 11.4 Å². The van der Waals surface area contributed by atoms with Crippen molar-refractivity contribution >= 4 is 27.8 Å². The Bertz CT molecular complexity index is 954. The fraction of sp³-hybridized carbons (Fsp3) is 0.150. The molecule has 0 radical (unpaired) electrons. The largest absolute Gasteiger partial charge is 0.550 e. The number of carbonyl (C=O) groups excluding carboxylic acids is 2. The third-order valence-corrected chi connectivity index (χ3v) is 4.43. The van der Waals surface area contributed by atoms with Gasteiger partial charge in [0.15, 0.2) is 0 Å². The topological polar surface area (TPSA) is 87.0 Å². The Hall–Kier alpha value is -2.93. The highest BCUT2D eigenvalue weighted by Crippen LogP contribution is 2.26. The van der Waals surface area contributed by atoms with Crippen molar-refractivity contribution in [2.24, 2.45) is 0 Å². The summed E-state index contributed by atoms with van der Waals surface area (Å²) in [5, 5.41) is 17.9. The molecule has 1 N–H and O–H groups in total. The molecular formula is C20H17BrN3O3-. The lowest BCUT2D eigenvalue weighted by atomic mass is 10.1. The van der Waals surface area contributed by atoms with E-state index in [-0.39, 0.29) is 25.3 Å². The summed E-state index contributed by atoms with van der Waals surface area (Å²) in [6.45, 7) is 0.251. The van der Waals surface area contributed by atoms with Gasteiger partial charge in [-0.15, -0.1) is 0 Å². The molecule has 6 nitrogen and oxygen atoms in total. The molecule has 1 amide bonds. The summed E-state index contributed by atoms with van der Waals surface area (Å²) in [5.41, 5.74) is 3.40. The van der Waals surface area contributed by atoms with E-state index < -0.39 is 5.97 Å². The Morgan fingerprint density at radius 3 is 2.56 bits per heavy atom. The van der Waals surface area contributed by atoms with Gasteiger partial charge in [0.25, 0.3) is 0 Å². The van der Waals surface area contributed by atoms with E-state index in [9.17, 15) is 14.7 Å². The third kappa shape index (κ3) is 5.04. The number of carboxylic acids is 1. The van der Waals surface area contributed by atoms with Gasteiger partial charge in [-0.3, -0.25) is 4.79 Å². The highest BCUT2D eigenvalue weighted by atomic mass is 79.9. The van der Waals surface area contributed by atoms with Crippen LogP contribution in [-0.2, 0) is 16.1 Å². The number of para-hydroxylation sites is 1. The first-order valence-corrected chi connectivity index (χ1v) is 9.18. The SMILES string of the molecule is O=C([O-])CCC(=O)NCc1cn(-c2ccccc2)nc1-c1cccc(Br)c1.